The van der Waals surface area contributed by atoms with E-state index >= 15 is 0 Å². The summed E-state index contributed by atoms with van der Waals surface area (Å²) in [6, 6.07) is 8.79. The first-order chi connectivity index (χ1) is 12.3. The SMILES string of the molecule is Cc1cccc(NC(=O)C[NH+](C)CC(=O)Nc2ccc(F)c(F)c2)c1C. The third-order valence-electron chi connectivity index (χ3n) is 4.01. The standard InChI is InChI=1S/C19H21F2N3O2/c1-12-5-4-6-17(13(12)2)23-19(26)11-24(3)10-18(25)22-14-7-8-15(20)16(21)9-14/h4-9H,10-11H2,1-3H3,(H,22,25)(H,23,26)/p+1. The average molecular weight is 362 g/mol. The number of halogens is 2. The molecule has 0 saturated carbocycles. The molecule has 138 valence electrons. The number of quaternary nitrogens is 1. The summed E-state index contributed by atoms with van der Waals surface area (Å²) in [5, 5.41) is 5.32. The number of benzene rings is 2. The molecule has 2 aromatic carbocycles. The fraction of sp³-hybridized carbons (Fsp3) is 0.263. The van der Waals surface area contributed by atoms with Gasteiger partial charge in [0, 0.05) is 17.4 Å². The van der Waals surface area contributed by atoms with Crippen LogP contribution in [0.5, 0.6) is 0 Å². The quantitative estimate of drug-likeness (QED) is 0.732. The average Bonchev–Trinajstić information content (AvgIpc) is 2.55. The zero-order valence-corrected chi connectivity index (χ0v) is 15.0. The predicted molar refractivity (Wildman–Crippen MR) is 96.2 cm³/mol. The van der Waals surface area contributed by atoms with E-state index in [1.165, 1.54) is 6.07 Å². The summed E-state index contributed by atoms with van der Waals surface area (Å²) in [6.45, 7) is 4.00. The normalized spacial score (nSPS) is 11.7. The van der Waals surface area contributed by atoms with Gasteiger partial charge in [0.15, 0.2) is 24.7 Å². The van der Waals surface area contributed by atoms with Crippen LogP contribution < -0.4 is 15.5 Å². The summed E-state index contributed by atoms with van der Waals surface area (Å²) in [7, 11) is 1.70. The second kappa shape index (κ2) is 8.53. The van der Waals surface area contributed by atoms with Crippen LogP contribution in [0.4, 0.5) is 20.2 Å². The van der Waals surface area contributed by atoms with Gasteiger partial charge >= 0.3 is 0 Å². The number of aryl methyl sites for hydroxylation is 1. The van der Waals surface area contributed by atoms with E-state index in [0.29, 0.717) is 4.90 Å². The van der Waals surface area contributed by atoms with Crippen molar-refractivity contribution in [2.75, 3.05) is 30.8 Å². The van der Waals surface area contributed by atoms with E-state index in [2.05, 4.69) is 10.6 Å². The van der Waals surface area contributed by atoms with E-state index in [9.17, 15) is 18.4 Å². The Labute approximate surface area is 151 Å². The number of anilines is 2. The molecule has 5 nitrogen and oxygen atoms in total. The van der Waals surface area contributed by atoms with Gasteiger partial charge in [-0.05, 0) is 43.2 Å². The number of carbonyl (C=O) groups excluding carboxylic acids is 2. The molecule has 2 amide bonds. The zero-order chi connectivity index (χ0) is 19.3. The van der Waals surface area contributed by atoms with E-state index in [1.54, 1.807) is 7.05 Å². The Balaban J connectivity index is 1.86. The van der Waals surface area contributed by atoms with Crippen molar-refractivity contribution in [1.29, 1.82) is 0 Å². The van der Waals surface area contributed by atoms with Gasteiger partial charge in [-0.2, -0.15) is 0 Å². The summed E-state index contributed by atoms with van der Waals surface area (Å²) in [5.74, 6) is -2.62. The number of likely N-dealkylation sites (N-methyl/N-ethyl adjacent to an activating group) is 1. The van der Waals surface area contributed by atoms with Crippen molar-refractivity contribution in [3.05, 3.63) is 59.2 Å². The summed E-state index contributed by atoms with van der Waals surface area (Å²) < 4.78 is 26.0. The number of nitrogens with one attached hydrogen (secondary N) is 3. The second-order valence-corrected chi connectivity index (χ2v) is 6.28. The van der Waals surface area contributed by atoms with Crippen molar-refractivity contribution >= 4 is 23.2 Å². The largest absolute Gasteiger partial charge is 0.322 e. The van der Waals surface area contributed by atoms with E-state index < -0.39 is 17.5 Å². The molecule has 1 unspecified atom stereocenters. The van der Waals surface area contributed by atoms with Crippen LogP contribution in [0.2, 0.25) is 0 Å². The van der Waals surface area contributed by atoms with E-state index in [-0.39, 0.29) is 24.7 Å². The monoisotopic (exact) mass is 362 g/mol. The molecular formula is C19H22F2N3O2+. The number of rotatable bonds is 6. The first-order valence-corrected chi connectivity index (χ1v) is 8.18. The van der Waals surface area contributed by atoms with Crippen molar-refractivity contribution in [1.82, 2.24) is 0 Å². The Hall–Kier alpha value is -2.80. The maximum Gasteiger partial charge on any atom is 0.279 e. The lowest BCUT2D eigenvalue weighted by Crippen LogP contribution is -3.11. The number of carbonyl (C=O) groups is 2. The molecule has 0 aliphatic carbocycles. The Morgan fingerprint density at radius 3 is 2.27 bits per heavy atom. The maximum absolute atomic E-state index is 13.1. The minimum atomic E-state index is -1.03. The molecule has 0 fully saturated rings. The van der Waals surface area contributed by atoms with Crippen LogP contribution in [-0.4, -0.2) is 32.0 Å². The highest BCUT2D eigenvalue weighted by atomic mass is 19.2. The van der Waals surface area contributed by atoms with Crippen molar-refractivity contribution in [3.8, 4) is 0 Å². The molecule has 0 aromatic heterocycles. The van der Waals surface area contributed by atoms with Gasteiger partial charge in [0.25, 0.3) is 11.8 Å². The molecule has 0 radical (unpaired) electrons. The Morgan fingerprint density at radius 2 is 1.62 bits per heavy atom. The van der Waals surface area contributed by atoms with Crippen molar-refractivity contribution in [2.45, 2.75) is 13.8 Å². The topological polar surface area (TPSA) is 62.6 Å². The molecule has 0 saturated heterocycles. The molecule has 26 heavy (non-hydrogen) atoms. The lowest BCUT2D eigenvalue weighted by molar-refractivity contribution is -0.862. The molecule has 2 aromatic rings. The van der Waals surface area contributed by atoms with Crippen LogP contribution in [0.3, 0.4) is 0 Å². The first kappa shape index (κ1) is 19.5. The molecule has 3 N–H and O–H groups in total. The minimum absolute atomic E-state index is 0.0131. The summed E-state index contributed by atoms with van der Waals surface area (Å²) in [5.41, 5.74) is 2.99. The number of amides is 2. The van der Waals surface area contributed by atoms with Crippen molar-refractivity contribution in [2.24, 2.45) is 0 Å². The van der Waals surface area contributed by atoms with Crippen molar-refractivity contribution in [3.63, 3.8) is 0 Å². The predicted octanol–water partition coefficient (Wildman–Crippen LogP) is 1.67. The molecule has 0 spiro atoms. The Morgan fingerprint density at radius 1 is 0.962 bits per heavy atom. The van der Waals surface area contributed by atoms with Gasteiger partial charge in [-0.1, -0.05) is 12.1 Å². The van der Waals surface area contributed by atoms with Crippen LogP contribution in [-0.2, 0) is 9.59 Å². The number of hydrogen-bond donors (Lipinski definition) is 3. The van der Waals surface area contributed by atoms with Crippen LogP contribution in [0.15, 0.2) is 36.4 Å². The van der Waals surface area contributed by atoms with Crippen molar-refractivity contribution < 1.29 is 23.3 Å². The molecule has 0 heterocycles. The fourth-order valence-electron chi connectivity index (χ4n) is 2.47. The molecule has 0 bridgehead atoms. The molecular weight excluding hydrogens is 340 g/mol. The van der Waals surface area contributed by atoms with Gasteiger partial charge in [0.2, 0.25) is 0 Å². The zero-order valence-electron chi connectivity index (χ0n) is 15.0. The van der Waals surface area contributed by atoms with Crippen LogP contribution in [0.25, 0.3) is 0 Å². The molecule has 0 aliphatic rings. The molecule has 7 heteroatoms. The maximum atomic E-state index is 13.1. The highest BCUT2D eigenvalue weighted by Crippen LogP contribution is 2.17. The second-order valence-electron chi connectivity index (χ2n) is 6.28. The highest BCUT2D eigenvalue weighted by Gasteiger charge is 2.16. The smallest absolute Gasteiger partial charge is 0.279 e. The minimum Gasteiger partial charge on any atom is -0.322 e. The van der Waals surface area contributed by atoms with Gasteiger partial charge in [0.1, 0.15) is 0 Å². The highest BCUT2D eigenvalue weighted by molar-refractivity contribution is 5.93. The van der Waals surface area contributed by atoms with Crippen LogP contribution in [0, 0.1) is 25.5 Å². The van der Waals surface area contributed by atoms with Gasteiger partial charge in [-0.15, -0.1) is 0 Å². The Kier molecular flexibility index (Phi) is 6.41. The van der Waals surface area contributed by atoms with E-state index in [4.69, 9.17) is 0 Å². The summed E-state index contributed by atoms with van der Waals surface area (Å²) in [6.07, 6.45) is 0. The van der Waals surface area contributed by atoms with E-state index in [1.807, 2.05) is 32.0 Å². The lowest BCUT2D eigenvalue weighted by Gasteiger charge is -2.15. The third-order valence-corrected chi connectivity index (χ3v) is 4.01. The van der Waals surface area contributed by atoms with Crippen LogP contribution in [0.1, 0.15) is 11.1 Å². The third kappa shape index (κ3) is 5.35. The molecule has 1 atom stereocenters. The van der Waals surface area contributed by atoms with Gasteiger partial charge in [-0.3, -0.25) is 9.59 Å². The van der Waals surface area contributed by atoms with Crippen LogP contribution >= 0.6 is 0 Å². The fourth-order valence-corrected chi connectivity index (χ4v) is 2.47. The van der Waals surface area contributed by atoms with Gasteiger partial charge < -0.3 is 15.5 Å². The first-order valence-electron chi connectivity index (χ1n) is 8.18. The summed E-state index contributed by atoms with van der Waals surface area (Å²) >= 11 is 0. The van der Waals surface area contributed by atoms with E-state index in [0.717, 1.165) is 28.9 Å². The number of hydrogen-bond acceptors (Lipinski definition) is 2. The Bertz CT molecular complexity index is 824. The summed E-state index contributed by atoms with van der Waals surface area (Å²) in [4.78, 5) is 24.8. The van der Waals surface area contributed by atoms with Gasteiger partial charge in [-0.25, -0.2) is 8.78 Å². The molecule has 0 aliphatic heterocycles. The lowest BCUT2D eigenvalue weighted by atomic mass is 10.1. The van der Waals surface area contributed by atoms with Gasteiger partial charge in [0.05, 0.1) is 7.05 Å². The molecule has 2 rings (SSSR count).